The summed E-state index contributed by atoms with van der Waals surface area (Å²) in [5.74, 6) is 0.138. The van der Waals surface area contributed by atoms with Gasteiger partial charge >= 0.3 is 6.18 Å². The molecule has 6 nitrogen and oxygen atoms in total. The van der Waals surface area contributed by atoms with Gasteiger partial charge in [-0.25, -0.2) is 8.42 Å². The molecular formula is C24H22ClF3N2O4S. The molecule has 1 amide bonds. The first-order valence-electron chi connectivity index (χ1n) is 10.4. The summed E-state index contributed by atoms with van der Waals surface area (Å²) >= 11 is 5.57. The number of alkyl halides is 3. The van der Waals surface area contributed by atoms with Crippen molar-refractivity contribution < 1.29 is 31.1 Å². The lowest BCUT2D eigenvalue weighted by Gasteiger charge is -2.18. The molecule has 0 fully saturated rings. The van der Waals surface area contributed by atoms with Gasteiger partial charge in [0.25, 0.3) is 15.9 Å². The van der Waals surface area contributed by atoms with Crippen LogP contribution < -0.4 is 14.8 Å². The van der Waals surface area contributed by atoms with E-state index >= 15 is 0 Å². The topological polar surface area (TPSA) is 84.5 Å². The third-order valence-corrected chi connectivity index (χ3v) is 6.61. The minimum absolute atomic E-state index is 0.206. The number of hydrogen-bond acceptors (Lipinski definition) is 4. The van der Waals surface area contributed by atoms with Crippen molar-refractivity contribution in [3.8, 4) is 5.75 Å². The van der Waals surface area contributed by atoms with Crippen LogP contribution in [0.1, 0.15) is 24.5 Å². The van der Waals surface area contributed by atoms with Crippen molar-refractivity contribution in [3.63, 3.8) is 0 Å². The first-order valence-corrected chi connectivity index (χ1v) is 12.3. The molecule has 0 aliphatic carbocycles. The number of carbonyl (C=O) groups excluding carboxylic acids is 1. The van der Waals surface area contributed by atoms with Crippen LogP contribution >= 0.6 is 11.6 Å². The van der Waals surface area contributed by atoms with E-state index in [0.29, 0.717) is 23.9 Å². The van der Waals surface area contributed by atoms with Gasteiger partial charge in [0, 0.05) is 11.4 Å². The largest absolute Gasteiger partial charge is 0.481 e. The van der Waals surface area contributed by atoms with Crippen molar-refractivity contribution in [1.29, 1.82) is 0 Å². The van der Waals surface area contributed by atoms with Gasteiger partial charge in [0.05, 0.1) is 15.5 Å². The highest BCUT2D eigenvalue weighted by Crippen LogP contribution is 2.36. The molecule has 0 aliphatic heterocycles. The summed E-state index contributed by atoms with van der Waals surface area (Å²) in [7, 11) is -4.20. The molecule has 186 valence electrons. The number of halogens is 4. The zero-order valence-corrected chi connectivity index (χ0v) is 20.3. The number of anilines is 2. The van der Waals surface area contributed by atoms with Gasteiger partial charge in [-0.1, -0.05) is 30.7 Å². The van der Waals surface area contributed by atoms with Crippen LogP contribution in [-0.2, 0) is 21.0 Å². The predicted octanol–water partition coefficient (Wildman–Crippen LogP) is 6.26. The van der Waals surface area contributed by atoms with Crippen molar-refractivity contribution in [2.24, 2.45) is 0 Å². The van der Waals surface area contributed by atoms with Crippen molar-refractivity contribution in [1.82, 2.24) is 0 Å². The molecule has 0 bridgehead atoms. The van der Waals surface area contributed by atoms with E-state index in [9.17, 15) is 26.4 Å². The summed E-state index contributed by atoms with van der Waals surface area (Å²) in [5, 5.41) is 2.12. The summed E-state index contributed by atoms with van der Waals surface area (Å²) in [6.07, 6.45) is -5.11. The molecule has 0 saturated carbocycles. The SMILES string of the molecule is CCC(Oc1cccc(C)c1)C(=O)Nc1ccc(S(=O)(=O)Nc2ccc(Cl)c(C(F)(F)F)c2)cc1. The molecule has 0 spiro atoms. The monoisotopic (exact) mass is 526 g/mol. The van der Waals surface area contributed by atoms with E-state index in [1.807, 2.05) is 19.1 Å². The summed E-state index contributed by atoms with van der Waals surface area (Å²) in [6, 6.07) is 15.2. The normalized spacial score (nSPS) is 12.6. The average molecular weight is 527 g/mol. The van der Waals surface area contributed by atoms with E-state index in [4.69, 9.17) is 16.3 Å². The Morgan fingerprint density at radius 2 is 1.69 bits per heavy atom. The summed E-state index contributed by atoms with van der Waals surface area (Å²) in [4.78, 5) is 12.4. The molecule has 1 atom stereocenters. The van der Waals surface area contributed by atoms with Crippen molar-refractivity contribution in [3.05, 3.63) is 82.9 Å². The highest BCUT2D eigenvalue weighted by atomic mass is 35.5. The lowest BCUT2D eigenvalue weighted by Crippen LogP contribution is -2.32. The fourth-order valence-electron chi connectivity index (χ4n) is 3.14. The Kier molecular flexibility index (Phi) is 7.97. The number of benzene rings is 3. The van der Waals surface area contributed by atoms with Crippen LogP contribution in [0.15, 0.2) is 71.6 Å². The molecule has 11 heteroatoms. The number of rotatable bonds is 8. The molecule has 3 aromatic rings. The van der Waals surface area contributed by atoms with Gasteiger partial charge in [0.15, 0.2) is 6.10 Å². The van der Waals surface area contributed by atoms with Gasteiger partial charge < -0.3 is 10.1 Å². The van der Waals surface area contributed by atoms with Crippen LogP contribution in [0.3, 0.4) is 0 Å². The second-order valence-electron chi connectivity index (χ2n) is 7.64. The van der Waals surface area contributed by atoms with Gasteiger partial charge in [-0.2, -0.15) is 13.2 Å². The van der Waals surface area contributed by atoms with Crippen LogP contribution in [0.5, 0.6) is 5.75 Å². The predicted molar refractivity (Wildman–Crippen MR) is 128 cm³/mol. The molecule has 3 rings (SSSR count). The van der Waals surface area contributed by atoms with E-state index in [2.05, 4.69) is 10.0 Å². The number of amides is 1. The Morgan fingerprint density at radius 1 is 1.03 bits per heavy atom. The first kappa shape index (κ1) is 26.4. The molecule has 0 saturated heterocycles. The highest BCUT2D eigenvalue weighted by molar-refractivity contribution is 7.92. The van der Waals surface area contributed by atoms with E-state index in [0.717, 1.165) is 17.7 Å². The number of carbonyl (C=O) groups is 1. The van der Waals surface area contributed by atoms with Crippen LogP contribution in [0, 0.1) is 6.92 Å². The number of nitrogens with one attached hydrogen (secondary N) is 2. The summed E-state index contributed by atoms with van der Waals surface area (Å²) < 4.78 is 72.3. The van der Waals surface area contributed by atoms with E-state index in [1.54, 1.807) is 19.1 Å². The number of hydrogen-bond donors (Lipinski definition) is 2. The Hall–Kier alpha value is -3.24. The third kappa shape index (κ3) is 6.89. The van der Waals surface area contributed by atoms with Gasteiger partial charge in [0.2, 0.25) is 0 Å². The second-order valence-corrected chi connectivity index (χ2v) is 9.73. The second kappa shape index (κ2) is 10.6. The van der Waals surface area contributed by atoms with Gasteiger partial charge in [0.1, 0.15) is 5.75 Å². The Labute approximate surface area is 206 Å². The maximum Gasteiger partial charge on any atom is 0.417 e. The third-order valence-electron chi connectivity index (χ3n) is 4.89. The zero-order chi connectivity index (χ0) is 25.8. The fourth-order valence-corrected chi connectivity index (χ4v) is 4.41. The van der Waals surface area contributed by atoms with E-state index in [1.165, 1.54) is 24.3 Å². The van der Waals surface area contributed by atoms with Crippen molar-refractivity contribution in [2.45, 2.75) is 37.4 Å². The molecule has 35 heavy (non-hydrogen) atoms. The summed E-state index contributed by atoms with van der Waals surface area (Å²) in [5.41, 5.74) is -0.142. The van der Waals surface area contributed by atoms with Gasteiger partial charge in [-0.3, -0.25) is 9.52 Å². The molecule has 0 radical (unpaired) electrons. The first-order chi connectivity index (χ1) is 16.4. The lowest BCUT2D eigenvalue weighted by atomic mass is 10.2. The average Bonchev–Trinajstić information content (AvgIpc) is 2.78. The molecule has 1 unspecified atom stereocenters. The minimum Gasteiger partial charge on any atom is -0.481 e. The van der Waals surface area contributed by atoms with E-state index < -0.39 is 38.8 Å². The maximum atomic E-state index is 13.1. The lowest BCUT2D eigenvalue weighted by molar-refractivity contribution is -0.137. The van der Waals surface area contributed by atoms with Gasteiger partial charge in [-0.15, -0.1) is 0 Å². The molecule has 0 aliphatic rings. The Balaban J connectivity index is 1.70. The highest BCUT2D eigenvalue weighted by Gasteiger charge is 2.33. The molecular weight excluding hydrogens is 505 g/mol. The number of ether oxygens (including phenoxy) is 1. The molecule has 2 N–H and O–H groups in total. The fraction of sp³-hybridized carbons (Fsp3) is 0.208. The quantitative estimate of drug-likeness (QED) is 0.362. The zero-order valence-electron chi connectivity index (χ0n) is 18.7. The summed E-state index contributed by atoms with van der Waals surface area (Å²) in [6.45, 7) is 3.70. The van der Waals surface area contributed by atoms with Crippen molar-refractivity contribution >= 4 is 38.9 Å². The van der Waals surface area contributed by atoms with Crippen LogP contribution in [0.2, 0.25) is 5.02 Å². The minimum atomic E-state index is -4.74. The smallest absolute Gasteiger partial charge is 0.417 e. The Bertz CT molecular complexity index is 1310. The maximum absolute atomic E-state index is 13.1. The molecule has 0 aromatic heterocycles. The van der Waals surface area contributed by atoms with Crippen LogP contribution in [0.4, 0.5) is 24.5 Å². The van der Waals surface area contributed by atoms with Gasteiger partial charge in [-0.05, 0) is 73.5 Å². The molecule has 0 heterocycles. The van der Waals surface area contributed by atoms with Crippen molar-refractivity contribution in [2.75, 3.05) is 10.0 Å². The number of aryl methyl sites for hydroxylation is 1. The van der Waals surface area contributed by atoms with Crippen LogP contribution in [0.25, 0.3) is 0 Å². The number of sulfonamides is 1. The van der Waals surface area contributed by atoms with E-state index in [-0.39, 0.29) is 10.6 Å². The Morgan fingerprint density at radius 3 is 2.29 bits per heavy atom. The van der Waals surface area contributed by atoms with Crippen LogP contribution in [-0.4, -0.2) is 20.4 Å². The standard InChI is InChI=1S/C24H22ClF3N2O4S/c1-3-22(34-18-6-4-5-15(2)13-18)23(31)29-16-7-10-19(11-8-16)35(32,33)30-17-9-12-21(25)20(14-17)24(26,27)28/h4-14,22,30H,3H2,1-2H3,(H,29,31). The molecule has 3 aromatic carbocycles.